The fraction of sp³-hybridized carbons (Fsp3) is 0.710. The number of aromatic nitrogens is 1. The lowest BCUT2D eigenvalue weighted by atomic mass is 9.97. The molecule has 0 amide bonds. The van der Waals surface area contributed by atoms with Crippen LogP contribution in [0.3, 0.4) is 0 Å². The quantitative estimate of drug-likeness (QED) is 0.186. The van der Waals surface area contributed by atoms with Gasteiger partial charge in [-0.15, -0.1) is 0 Å². The molecular formula is C31H49Cl2NO. The number of rotatable bonds is 19. The maximum atomic E-state index is 10.7. The number of benzene rings is 1. The van der Waals surface area contributed by atoms with Crippen molar-refractivity contribution < 1.29 is 5.11 Å². The first-order chi connectivity index (χ1) is 17.0. The van der Waals surface area contributed by atoms with Crippen molar-refractivity contribution >= 4 is 34.1 Å². The highest BCUT2D eigenvalue weighted by Gasteiger charge is 2.18. The standard InChI is InChI=1S/C31H49Cl2NO/c1-4-6-8-10-12-14-16-18-20-22-27-25(21-19-17-15-13-11-9-7-5-2)23-26-28(32)24(3)29(33)31(35)30(26)34-27/h23,35H,4-22H2,1-3H3. The number of nitrogens with zero attached hydrogens (tertiary/aromatic N) is 1. The second-order valence-corrected chi connectivity index (χ2v) is 11.2. The monoisotopic (exact) mass is 521 g/mol. The molecule has 4 heteroatoms. The average Bonchev–Trinajstić information content (AvgIpc) is 2.86. The Morgan fingerprint density at radius 1 is 0.657 bits per heavy atom. The van der Waals surface area contributed by atoms with Gasteiger partial charge in [-0.3, -0.25) is 0 Å². The molecule has 0 bridgehead atoms. The summed E-state index contributed by atoms with van der Waals surface area (Å²) in [7, 11) is 0. The van der Waals surface area contributed by atoms with Gasteiger partial charge in [-0.25, -0.2) is 4.98 Å². The zero-order valence-electron chi connectivity index (χ0n) is 22.7. The van der Waals surface area contributed by atoms with Crippen molar-refractivity contribution in [3.8, 4) is 5.75 Å². The SMILES string of the molecule is CCCCCCCCCCCc1nc2c(O)c(Cl)c(C)c(Cl)c2cc1CCCCCCCCCC. The van der Waals surface area contributed by atoms with Crippen LogP contribution in [0.4, 0.5) is 0 Å². The summed E-state index contributed by atoms with van der Waals surface area (Å²) in [5.41, 5.74) is 3.70. The molecule has 0 radical (unpaired) electrons. The van der Waals surface area contributed by atoms with Crippen LogP contribution >= 0.6 is 23.2 Å². The molecule has 0 saturated carbocycles. The normalized spacial score (nSPS) is 11.6. The first-order valence-corrected chi connectivity index (χ1v) is 15.3. The summed E-state index contributed by atoms with van der Waals surface area (Å²) in [5, 5.41) is 12.5. The molecule has 0 spiro atoms. The topological polar surface area (TPSA) is 33.1 Å². The van der Waals surface area contributed by atoms with Crippen LogP contribution in [0.15, 0.2) is 6.07 Å². The van der Waals surface area contributed by atoms with Crippen molar-refractivity contribution in [2.45, 2.75) is 143 Å². The molecule has 2 aromatic rings. The van der Waals surface area contributed by atoms with Gasteiger partial charge in [-0.2, -0.15) is 0 Å². The molecule has 0 unspecified atom stereocenters. The molecule has 1 heterocycles. The molecule has 0 aliphatic heterocycles. The molecule has 0 fully saturated rings. The predicted octanol–water partition coefficient (Wildman–Crippen LogP) is 11.3. The molecule has 2 nitrogen and oxygen atoms in total. The number of phenolic OH excluding ortho intramolecular Hbond substituents is 1. The summed E-state index contributed by atoms with van der Waals surface area (Å²) in [5.74, 6) is 0.0653. The fourth-order valence-corrected chi connectivity index (χ4v) is 5.48. The molecule has 1 aromatic heterocycles. The first kappa shape index (κ1) is 30.2. The summed E-state index contributed by atoms with van der Waals surface area (Å²) in [6, 6.07) is 2.18. The van der Waals surface area contributed by atoms with E-state index in [4.69, 9.17) is 28.2 Å². The van der Waals surface area contributed by atoms with Crippen LogP contribution in [0.1, 0.15) is 140 Å². The molecule has 0 aliphatic carbocycles. The zero-order valence-corrected chi connectivity index (χ0v) is 24.2. The van der Waals surface area contributed by atoms with E-state index in [9.17, 15) is 5.11 Å². The number of hydrogen-bond acceptors (Lipinski definition) is 2. The molecule has 35 heavy (non-hydrogen) atoms. The van der Waals surface area contributed by atoms with Gasteiger partial charge in [0.1, 0.15) is 5.52 Å². The van der Waals surface area contributed by atoms with Crippen LogP contribution in [0.2, 0.25) is 10.0 Å². The summed E-state index contributed by atoms with van der Waals surface area (Å²) >= 11 is 13.0. The lowest BCUT2D eigenvalue weighted by molar-refractivity contribution is 0.480. The van der Waals surface area contributed by atoms with Crippen LogP contribution in [0, 0.1) is 6.92 Å². The van der Waals surface area contributed by atoms with E-state index in [1.807, 2.05) is 6.92 Å². The van der Waals surface area contributed by atoms with Gasteiger partial charge < -0.3 is 5.11 Å². The minimum Gasteiger partial charge on any atom is -0.504 e. The maximum absolute atomic E-state index is 10.7. The number of aromatic hydroxyl groups is 1. The van der Waals surface area contributed by atoms with Crippen molar-refractivity contribution in [2.75, 3.05) is 0 Å². The predicted molar refractivity (Wildman–Crippen MR) is 155 cm³/mol. The highest BCUT2D eigenvalue weighted by Crippen LogP contribution is 2.41. The second-order valence-electron chi connectivity index (χ2n) is 10.4. The Balaban J connectivity index is 1.99. The number of unbranched alkanes of at least 4 members (excludes halogenated alkanes) is 15. The van der Waals surface area contributed by atoms with E-state index < -0.39 is 0 Å². The van der Waals surface area contributed by atoms with Crippen molar-refractivity contribution in [1.82, 2.24) is 4.98 Å². The molecule has 198 valence electrons. The van der Waals surface area contributed by atoms with Gasteiger partial charge in [0.15, 0.2) is 5.75 Å². The van der Waals surface area contributed by atoms with Crippen molar-refractivity contribution in [1.29, 1.82) is 0 Å². The van der Waals surface area contributed by atoms with Crippen LogP contribution in [-0.4, -0.2) is 10.1 Å². The Hall–Kier alpha value is -0.990. The van der Waals surface area contributed by atoms with Gasteiger partial charge >= 0.3 is 0 Å². The summed E-state index contributed by atoms with van der Waals surface area (Å²) in [6.45, 7) is 6.40. The van der Waals surface area contributed by atoms with E-state index in [-0.39, 0.29) is 5.75 Å². The lowest BCUT2D eigenvalue weighted by Gasteiger charge is -2.15. The van der Waals surface area contributed by atoms with E-state index in [1.165, 1.54) is 108 Å². The van der Waals surface area contributed by atoms with Crippen LogP contribution < -0.4 is 0 Å². The van der Waals surface area contributed by atoms with Gasteiger partial charge in [0.05, 0.1) is 10.0 Å². The van der Waals surface area contributed by atoms with Crippen molar-refractivity contribution in [3.63, 3.8) is 0 Å². The highest BCUT2D eigenvalue weighted by molar-refractivity contribution is 6.41. The summed E-state index contributed by atoms with van der Waals surface area (Å²) < 4.78 is 0. The first-order valence-electron chi connectivity index (χ1n) is 14.5. The molecule has 0 atom stereocenters. The van der Waals surface area contributed by atoms with Crippen LogP contribution in [0.25, 0.3) is 10.9 Å². The summed E-state index contributed by atoms with van der Waals surface area (Å²) in [4.78, 5) is 4.94. The third-order valence-corrected chi connectivity index (χ3v) is 8.28. The Bertz CT molecular complexity index is 880. The Labute approximate surface area is 225 Å². The Morgan fingerprint density at radius 2 is 1.11 bits per heavy atom. The largest absolute Gasteiger partial charge is 0.504 e. The summed E-state index contributed by atoms with van der Waals surface area (Å²) in [6.07, 6.45) is 24.3. The number of phenols is 1. The van der Waals surface area contributed by atoms with Gasteiger partial charge in [-0.05, 0) is 49.8 Å². The van der Waals surface area contributed by atoms with Gasteiger partial charge in [-0.1, -0.05) is 133 Å². The maximum Gasteiger partial charge on any atom is 0.160 e. The minimum atomic E-state index is 0.0653. The van der Waals surface area contributed by atoms with Gasteiger partial charge in [0.25, 0.3) is 0 Å². The van der Waals surface area contributed by atoms with Crippen LogP contribution in [-0.2, 0) is 12.8 Å². The van der Waals surface area contributed by atoms with E-state index in [0.717, 1.165) is 35.9 Å². The second kappa shape index (κ2) is 17.5. The van der Waals surface area contributed by atoms with E-state index in [1.54, 1.807) is 0 Å². The van der Waals surface area contributed by atoms with Crippen molar-refractivity contribution in [3.05, 3.63) is 32.9 Å². The molecule has 1 aromatic carbocycles. The number of pyridine rings is 1. The molecule has 0 aliphatic rings. The lowest BCUT2D eigenvalue weighted by Crippen LogP contribution is -2.01. The molecular weight excluding hydrogens is 473 g/mol. The number of halogens is 2. The average molecular weight is 523 g/mol. The molecule has 2 rings (SSSR count). The number of hydrogen-bond donors (Lipinski definition) is 1. The van der Waals surface area contributed by atoms with E-state index >= 15 is 0 Å². The Kier molecular flexibility index (Phi) is 15.1. The van der Waals surface area contributed by atoms with Gasteiger partial charge in [0.2, 0.25) is 0 Å². The third-order valence-electron chi connectivity index (χ3n) is 7.34. The molecule has 1 N–H and O–H groups in total. The molecule has 0 saturated heterocycles. The highest BCUT2D eigenvalue weighted by atomic mass is 35.5. The number of fused-ring (bicyclic) bond motifs is 1. The van der Waals surface area contributed by atoms with E-state index in [0.29, 0.717) is 15.6 Å². The van der Waals surface area contributed by atoms with Crippen molar-refractivity contribution in [2.24, 2.45) is 0 Å². The van der Waals surface area contributed by atoms with Crippen LogP contribution in [0.5, 0.6) is 5.75 Å². The fourth-order valence-electron chi connectivity index (χ4n) is 5.01. The Morgan fingerprint density at radius 3 is 1.63 bits per heavy atom. The minimum absolute atomic E-state index is 0.0653. The third kappa shape index (κ3) is 10.1. The zero-order chi connectivity index (χ0) is 25.5. The van der Waals surface area contributed by atoms with E-state index in [2.05, 4.69) is 19.9 Å². The number of aryl methyl sites for hydroxylation is 2. The van der Waals surface area contributed by atoms with Gasteiger partial charge in [0, 0.05) is 11.1 Å². The smallest absolute Gasteiger partial charge is 0.160 e.